The van der Waals surface area contributed by atoms with Crippen LogP contribution in [0, 0.1) is 0 Å². The van der Waals surface area contributed by atoms with E-state index in [2.05, 4.69) is 0 Å². The zero-order valence-corrected chi connectivity index (χ0v) is 8.47. The standard InChI is InChI=1S/C7H4Cl3NO2/c8-7(9,10)6(13)11-3-1-2-5(11)4-12/h1-4H. The minimum Gasteiger partial charge on any atom is -0.296 e. The van der Waals surface area contributed by atoms with Crippen molar-refractivity contribution >= 4 is 47.0 Å². The molecule has 0 saturated heterocycles. The average Bonchev–Trinajstić information content (AvgIpc) is 2.48. The number of halogens is 3. The van der Waals surface area contributed by atoms with Crippen LogP contribution in [-0.2, 0) is 0 Å². The summed E-state index contributed by atoms with van der Waals surface area (Å²) in [5.41, 5.74) is 0.149. The van der Waals surface area contributed by atoms with E-state index in [-0.39, 0.29) is 5.69 Å². The lowest BCUT2D eigenvalue weighted by atomic mass is 10.5. The van der Waals surface area contributed by atoms with E-state index in [0.29, 0.717) is 6.29 Å². The summed E-state index contributed by atoms with van der Waals surface area (Å²) in [6, 6.07) is 2.96. The van der Waals surface area contributed by atoms with E-state index >= 15 is 0 Å². The number of carbonyl (C=O) groups is 2. The molecule has 3 nitrogen and oxygen atoms in total. The molecule has 1 aromatic rings. The van der Waals surface area contributed by atoms with Crippen LogP contribution in [0.5, 0.6) is 0 Å². The Bertz CT molecular complexity index is 340. The molecule has 0 atom stereocenters. The molecule has 0 saturated carbocycles. The Labute approximate surface area is 89.2 Å². The number of carbonyl (C=O) groups excluding carboxylic acids is 2. The first kappa shape index (κ1) is 10.6. The van der Waals surface area contributed by atoms with Crippen molar-refractivity contribution in [3.8, 4) is 0 Å². The molecule has 1 heterocycles. The normalized spacial score (nSPS) is 11.3. The SMILES string of the molecule is O=Cc1cccn1C(=O)C(Cl)(Cl)Cl. The first-order valence-electron chi connectivity index (χ1n) is 3.21. The van der Waals surface area contributed by atoms with E-state index in [1.807, 2.05) is 0 Å². The van der Waals surface area contributed by atoms with Gasteiger partial charge < -0.3 is 0 Å². The summed E-state index contributed by atoms with van der Waals surface area (Å²) in [6.45, 7) is 0. The zero-order valence-electron chi connectivity index (χ0n) is 6.21. The second kappa shape index (κ2) is 3.70. The van der Waals surface area contributed by atoms with Gasteiger partial charge in [-0.1, -0.05) is 34.8 Å². The van der Waals surface area contributed by atoms with Gasteiger partial charge in [-0.2, -0.15) is 0 Å². The van der Waals surface area contributed by atoms with Crippen molar-refractivity contribution in [2.45, 2.75) is 3.79 Å². The van der Waals surface area contributed by atoms with Gasteiger partial charge in [-0.25, -0.2) is 0 Å². The molecule has 0 aliphatic carbocycles. The van der Waals surface area contributed by atoms with E-state index in [1.165, 1.54) is 18.3 Å². The zero-order chi connectivity index (χ0) is 10.1. The fraction of sp³-hybridized carbons (Fsp3) is 0.143. The molecule has 0 aromatic carbocycles. The molecule has 0 amide bonds. The van der Waals surface area contributed by atoms with Crippen molar-refractivity contribution in [3.05, 3.63) is 24.0 Å². The third kappa shape index (κ3) is 2.24. The molecule has 0 aliphatic heterocycles. The van der Waals surface area contributed by atoms with Gasteiger partial charge in [0.1, 0.15) is 0 Å². The molecule has 0 N–H and O–H groups in total. The largest absolute Gasteiger partial charge is 0.296 e. The maximum atomic E-state index is 11.3. The third-order valence-electron chi connectivity index (χ3n) is 1.36. The first-order chi connectivity index (χ1) is 5.96. The van der Waals surface area contributed by atoms with Crippen LogP contribution >= 0.6 is 34.8 Å². The number of rotatable bonds is 1. The predicted molar refractivity (Wildman–Crippen MR) is 50.7 cm³/mol. The Morgan fingerprint density at radius 1 is 1.46 bits per heavy atom. The highest BCUT2D eigenvalue weighted by molar-refractivity contribution is 6.76. The van der Waals surface area contributed by atoms with Crippen LogP contribution in [0.25, 0.3) is 0 Å². The lowest BCUT2D eigenvalue weighted by molar-refractivity contribution is 0.0907. The lowest BCUT2D eigenvalue weighted by Gasteiger charge is -2.10. The molecule has 70 valence electrons. The van der Waals surface area contributed by atoms with Crippen molar-refractivity contribution in [1.82, 2.24) is 4.57 Å². The maximum absolute atomic E-state index is 11.3. The van der Waals surface area contributed by atoms with Gasteiger partial charge in [0.2, 0.25) is 0 Å². The van der Waals surface area contributed by atoms with E-state index in [1.54, 1.807) is 0 Å². The van der Waals surface area contributed by atoms with E-state index < -0.39 is 9.70 Å². The molecule has 13 heavy (non-hydrogen) atoms. The molecule has 6 heteroatoms. The van der Waals surface area contributed by atoms with Gasteiger partial charge in [0.05, 0.1) is 5.69 Å². The summed E-state index contributed by atoms with van der Waals surface area (Å²) >= 11 is 16.0. The molecular weight excluding hydrogens is 236 g/mol. The maximum Gasteiger partial charge on any atom is 0.283 e. The van der Waals surface area contributed by atoms with Gasteiger partial charge in [0.25, 0.3) is 9.70 Å². The second-order valence-corrected chi connectivity index (χ2v) is 4.51. The smallest absolute Gasteiger partial charge is 0.283 e. The van der Waals surface area contributed by atoms with Crippen molar-refractivity contribution in [1.29, 1.82) is 0 Å². The summed E-state index contributed by atoms with van der Waals surface area (Å²) < 4.78 is -1.06. The lowest BCUT2D eigenvalue weighted by Crippen LogP contribution is -2.26. The highest BCUT2D eigenvalue weighted by Gasteiger charge is 2.32. The topological polar surface area (TPSA) is 39.1 Å². The molecule has 0 radical (unpaired) electrons. The molecule has 0 bridgehead atoms. The highest BCUT2D eigenvalue weighted by atomic mass is 35.6. The van der Waals surface area contributed by atoms with Gasteiger partial charge >= 0.3 is 0 Å². The second-order valence-electron chi connectivity index (χ2n) is 2.22. The van der Waals surface area contributed by atoms with Crippen LogP contribution in [0.2, 0.25) is 0 Å². The van der Waals surface area contributed by atoms with Crippen molar-refractivity contribution in [2.75, 3.05) is 0 Å². The fourth-order valence-electron chi connectivity index (χ4n) is 0.812. The van der Waals surface area contributed by atoms with Crippen LogP contribution in [0.3, 0.4) is 0 Å². The Balaban J connectivity index is 3.09. The van der Waals surface area contributed by atoms with Crippen LogP contribution in [0.4, 0.5) is 0 Å². The van der Waals surface area contributed by atoms with Crippen molar-refractivity contribution < 1.29 is 9.59 Å². The summed E-state index contributed by atoms with van der Waals surface area (Å²) in [7, 11) is 0. The molecule has 1 aromatic heterocycles. The Morgan fingerprint density at radius 3 is 2.54 bits per heavy atom. The van der Waals surface area contributed by atoms with Crippen LogP contribution in [0.15, 0.2) is 18.3 Å². The van der Waals surface area contributed by atoms with Crippen LogP contribution < -0.4 is 0 Å². The van der Waals surface area contributed by atoms with Crippen LogP contribution in [-0.4, -0.2) is 20.6 Å². The average molecular weight is 240 g/mol. The summed E-state index contributed by atoms with van der Waals surface area (Å²) in [5.74, 6) is -0.774. The van der Waals surface area contributed by atoms with Crippen LogP contribution in [0.1, 0.15) is 15.3 Å². The molecule has 1 rings (SSSR count). The molecule has 0 spiro atoms. The monoisotopic (exact) mass is 239 g/mol. The summed E-state index contributed by atoms with van der Waals surface area (Å²) in [6.07, 6.45) is 1.86. The van der Waals surface area contributed by atoms with E-state index in [4.69, 9.17) is 34.8 Å². The molecule has 0 aliphatic rings. The number of aromatic nitrogens is 1. The highest BCUT2D eigenvalue weighted by Crippen LogP contribution is 2.28. The van der Waals surface area contributed by atoms with Gasteiger partial charge in [-0.05, 0) is 12.1 Å². The van der Waals surface area contributed by atoms with Gasteiger partial charge in [-0.3, -0.25) is 14.2 Å². The number of aldehydes is 1. The molecule has 0 fully saturated rings. The van der Waals surface area contributed by atoms with E-state index in [9.17, 15) is 9.59 Å². The minimum absolute atomic E-state index is 0.149. The minimum atomic E-state index is -2.04. The Hall–Kier alpha value is -0.510. The van der Waals surface area contributed by atoms with Crippen molar-refractivity contribution in [2.24, 2.45) is 0 Å². The predicted octanol–water partition coefficient (Wildman–Crippen LogP) is 2.31. The third-order valence-corrected chi connectivity index (χ3v) is 1.85. The van der Waals surface area contributed by atoms with Gasteiger partial charge in [0, 0.05) is 6.20 Å². The summed E-state index contributed by atoms with van der Waals surface area (Å²) in [5, 5.41) is 0. The van der Waals surface area contributed by atoms with E-state index in [0.717, 1.165) is 4.57 Å². The van der Waals surface area contributed by atoms with Gasteiger partial charge in [-0.15, -0.1) is 0 Å². The molecular formula is C7H4Cl3NO2. The number of nitrogens with zero attached hydrogens (tertiary/aromatic N) is 1. The number of hydrogen-bond donors (Lipinski definition) is 0. The summed E-state index contributed by atoms with van der Waals surface area (Å²) in [4.78, 5) is 21.7. The quantitative estimate of drug-likeness (QED) is 0.558. The first-order valence-corrected chi connectivity index (χ1v) is 4.34. The Morgan fingerprint density at radius 2 is 2.08 bits per heavy atom. The van der Waals surface area contributed by atoms with Gasteiger partial charge in [0.15, 0.2) is 6.29 Å². The Kier molecular flexibility index (Phi) is 3.01. The number of alkyl halides is 3. The molecule has 0 unspecified atom stereocenters. The van der Waals surface area contributed by atoms with Crippen molar-refractivity contribution in [3.63, 3.8) is 0 Å². The fourth-order valence-corrected chi connectivity index (χ4v) is 1.08. The number of hydrogen-bond acceptors (Lipinski definition) is 2.